The maximum absolute atomic E-state index is 13.0. The van der Waals surface area contributed by atoms with Crippen molar-refractivity contribution in [1.82, 2.24) is 20.2 Å². The molecule has 30 heavy (non-hydrogen) atoms. The fourth-order valence-corrected chi connectivity index (χ4v) is 4.25. The van der Waals surface area contributed by atoms with Crippen LogP contribution in [0.3, 0.4) is 0 Å². The minimum atomic E-state index is -0.418. The number of anilines is 2. The molecule has 0 atom stereocenters. The van der Waals surface area contributed by atoms with Gasteiger partial charge >= 0.3 is 0 Å². The summed E-state index contributed by atoms with van der Waals surface area (Å²) < 4.78 is 5.39. The minimum Gasteiger partial charge on any atom is -0.379 e. The highest BCUT2D eigenvalue weighted by Crippen LogP contribution is 2.30. The highest BCUT2D eigenvalue weighted by Gasteiger charge is 2.29. The molecule has 10 heteroatoms. The predicted octanol–water partition coefficient (Wildman–Crippen LogP) is 1.34. The zero-order valence-electron chi connectivity index (χ0n) is 17.2. The number of hydrogen-bond acceptors (Lipinski definition) is 8. The van der Waals surface area contributed by atoms with E-state index in [9.17, 15) is 9.59 Å². The standard InChI is InChI=1S/C20H26N6O3S/c1-20(2,12-25-3-5-29-6-4-25)24-19(28)14-7-16-18(21-8-14)22-9-17(27)26(16)10-15-11-30-13-23-15/h7-8,11,13H,3-6,9-10,12H2,1-2H3,(H,21,22)(H,24,28). The minimum absolute atomic E-state index is 0.0810. The molecule has 0 aromatic carbocycles. The van der Waals surface area contributed by atoms with Gasteiger partial charge in [0.25, 0.3) is 5.91 Å². The third-order valence-electron chi connectivity index (χ3n) is 5.11. The summed E-state index contributed by atoms with van der Waals surface area (Å²) in [5.74, 6) is 0.298. The Kier molecular flexibility index (Phi) is 5.98. The summed E-state index contributed by atoms with van der Waals surface area (Å²) in [6.45, 7) is 8.42. The first-order chi connectivity index (χ1) is 14.4. The number of hydrogen-bond donors (Lipinski definition) is 2. The van der Waals surface area contributed by atoms with Gasteiger partial charge in [-0.2, -0.15) is 0 Å². The maximum atomic E-state index is 13.0. The van der Waals surface area contributed by atoms with Gasteiger partial charge in [0.15, 0.2) is 5.82 Å². The van der Waals surface area contributed by atoms with E-state index >= 15 is 0 Å². The van der Waals surface area contributed by atoms with Crippen molar-refractivity contribution in [2.24, 2.45) is 0 Å². The van der Waals surface area contributed by atoms with Crippen LogP contribution >= 0.6 is 11.3 Å². The number of nitrogens with one attached hydrogen (secondary N) is 2. The lowest BCUT2D eigenvalue weighted by Crippen LogP contribution is -2.53. The maximum Gasteiger partial charge on any atom is 0.253 e. The molecule has 2 aromatic rings. The normalized spacial score (nSPS) is 17.4. The van der Waals surface area contributed by atoms with Gasteiger partial charge in [-0.1, -0.05) is 0 Å². The molecule has 160 valence electrons. The summed E-state index contributed by atoms with van der Waals surface area (Å²) in [4.78, 5) is 38.0. The van der Waals surface area contributed by atoms with Crippen LogP contribution < -0.4 is 15.5 Å². The number of carbonyl (C=O) groups is 2. The number of aromatic nitrogens is 2. The Labute approximate surface area is 179 Å². The van der Waals surface area contributed by atoms with Gasteiger partial charge in [0.1, 0.15) is 0 Å². The summed E-state index contributed by atoms with van der Waals surface area (Å²) in [7, 11) is 0. The van der Waals surface area contributed by atoms with E-state index in [4.69, 9.17) is 4.74 Å². The van der Waals surface area contributed by atoms with Crippen molar-refractivity contribution in [2.75, 3.05) is 49.6 Å². The van der Waals surface area contributed by atoms with Gasteiger partial charge in [-0.25, -0.2) is 9.97 Å². The van der Waals surface area contributed by atoms with Crippen LogP contribution in [0.4, 0.5) is 11.5 Å². The average Bonchev–Trinajstić information content (AvgIpc) is 3.23. The third kappa shape index (κ3) is 4.77. The van der Waals surface area contributed by atoms with Crippen LogP contribution in [0.1, 0.15) is 29.9 Å². The van der Waals surface area contributed by atoms with Crippen molar-refractivity contribution < 1.29 is 14.3 Å². The van der Waals surface area contributed by atoms with Crippen LogP contribution in [-0.2, 0) is 16.1 Å². The number of amides is 2. The molecule has 1 saturated heterocycles. The lowest BCUT2D eigenvalue weighted by Gasteiger charge is -2.35. The van der Waals surface area contributed by atoms with E-state index in [0.29, 0.717) is 36.8 Å². The molecule has 0 aliphatic carbocycles. The van der Waals surface area contributed by atoms with Crippen molar-refractivity contribution in [3.63, 3.8) is 0 Å². The molecular formula is C20H26N6O3S. The van der Waals surface area contributed by atoms with Gasteiger partial charge in [-0.05, 0) is 19.9 Å². The van der Waals surface area contributed by atoms with E-state index < -0.39 is 5.54 Å². The van der Waals surface area contributed by atoms with Gasteiger partial charge in [0, 0.05) is 36.8 Å². The van der Waals surface area contributed by atoms with Gasteiger partial charge < -0.3 is 20.3 Å². The fraction of sp³-hybridized carbons (Fsp3) is 0.500. The van der Waals surface area contributed by atoms with Crippen LogP contribution in [0.25, 0.3) is 0 Å². The largest absolute Gasteiger partial charge is 0.379 e. The Bertz CT molecular complexity index is 911. The number of ether oxygens (including phenoxy) is 1. The summed E-state index contributed by atoms with van der Waals surface area (Å²) in [5, 5.41) is 8.03. The quantitative estimate of drug-likeness (QED) is 0.713. The zero-order chi connectivity index (χ0) is 21.1. The Morgan fingerprint density at radius 2 is 2.13 bits per heavy atom. The molecule has 2 aliphatic heterocycles. The molecule has 2 amide bonds. The summed E-state index contributed by atoms with van der Waals surface area (Å²) in [6.07, 6.45) is 1.54. The molecule has 0 unspecified atom stereocenters. The zero-order valence-corrected chi connectivity index (χ0v) is 18.0. The Hall–Kier alpha value is -2.56. The number of rotatable bonds is 6. The van der Waals surface area contributed by atoms with Crippen LogP contribution in [0, 0.1) is 0 Å². The first-order valence-electron chi connectivity index (χ1n) is 9.95. The molecule has 1 fully saturated rings. The number of pyridine rings is 1. The smallest absolute Gasteiger partial charge is 0.253 e. The van der Waals surface area contributed by atoms with Gasteiger partial charge in [-0.15, -0.1) is 11.3 Å². The fourth-order valence-electron chi connectivity index (χ4n) is 3.70. The molecule has 2 aliphatic rings. The second-order valence-corrected chi connectivity index (χ2v) is 8.85. The molecule has 9 nitrogen and oxygen atoms in total. The van der Waals surface area contributed by atoms with Crippen molar-refractivity contribution >= 4 is 34.7 Å². The van der Waals surface area contributed by atoms with E-state index in [1.165, 1.54) is 11.3 Å². The molecule has 0 radical (unpaired) electrons. The second kappa shape index (κ2) is 8.66. The van der Waals surface area contributed by atoms with E-state index in [1.54, 1.807) is 22.7 Å². The monoisotopic (exact) mass is 430 g/mol. The number of carbonyl (C=O) groups excluding carboxylic acids is 2. The Morgan fingerprint density at radius 3 is 2.87 bits per heavy atom. The highest BCUT2D eigenvalue weighted by atomic mass is 32.1. The van der Waals surface area contributed by atoms with Crippen molar-refractivity contribution in [2.45, 2.75) is 25.9 Å². The van der Waals surface area contributed by atoms with Crippen LogP contribution in [0.2, 0.25) is 0 Å². The lowest BCUT2D eigenvalue weighted by atomic mass is 10.0. The lowest BCUT2D eigenvalue weighted by molar-refractivity contribution is -0.117. The van der Waals surface area contributed by atoms with Gasteiger partial charge in [0.2, 0.25) is 5.91 Å². The van der Waals surface area contributed by atoms with E-state index in [-0.39, 0.29) is 18.4 Å². The molecular weight excluding hydrogens is 404 g/mol. The van der Waals surface area contributed by atoms with Crippen LogP contribution in [-0.4, -0.2) is 71.6 Å². The first kappa shape index (κ1) is 20.7. The summed E-state index contributed by atoms with van der Waals surface area (Å²) >= 11 is 1.48. The van der Waals surface area contributed by atoms with Crippen molar-refractivity contribution in [1.29, 1.82) is 0 Å². The number of nitrogens with zero attached hydrogens (tertiary/aromatic N) is 4. The van der Waals surface area contributed by atoms with Crippen molar-refractivity contribution in [3.8, 4) is 0 Å². The molecule has 0 spiro atoms. The highest BCUT2D eigenvalue weighted by molar-refractivity contribution is 7.07. The number of fused-ring (bicyclic) bond motifs is 1. The molecule has 2 N–H and O–H groups in total. The summed E-state index contributed by atoms with van der Waals surface area (Å²) in [5.41, 5.74) is 3.14. The van der Waals surface area contributed by atoms with Crippen molar-refractivity contribution in [3.05, 3.63) is 34.4 Å². The Morgan fingerprint density at radius 1 is 1.33 bits per heavy atom. The Balaban J connectivity index is 1.50. The second-order valence-electron chi connectivity index (χ2n) is 8.13. The van der Waals surface area contributed by atoms with Gasteiger partial charge in [0.05, 0.1) is 48.8 Å². The number of thiazole rings is 1. The molecule has 2 aromatic heterocycles. The topological polar surface area (TPSA) is 99.7 Å². The molecule has 4 heterocycles. The van der Waals surface area contributed by atoms with Crippen LogP contribution in [0.5, 0.6) is 0 Å². The third-order valence-corrected chi connectivity index (χ3v) is 5.74. The van der Waals surface area contributed by atoms with E-state index in [2.05, 4.69) is 25.5 Å². The molecule has 4 rings (SSSR count). The average molecular weight is 431 g/mol. The van der Waals surface area contributed by atoms with Gasteiger partial charge in [-0.3, -0.25) is 14.5 Å². The molecule has 0 bridgehead atoms. The predicted molar refractivity (Wildman–Crippen MR) is 115 cm³/mol. The van der Waals surface area contributed by atoms with E-state index in [0.717, 1.165) is 25.3 Å². The number of morpholine rings is 1. The van der Waals surface area contributed by atoms with E-state index in [1.807, 2.05) is 19.2 Å². The van der Waals surface area contributed by atoms with Crippen LogP contribution in [0.15, 0.2) is 23.2 Å². The SMILES string of the molecule is CC(C)(CN1CCOCC1)NC(=O)c1cnc2c(c1)N(Cc1cscn1)C(=O)CN2. The first-order valence-corrected chi connectivity index (χ1v) is 10.9. The molecule has 0 saturated carbocycles. The summed E-state index contributed by atoms with van der Waals surface area (Å²) in [6, 6.07) is 1.72.